The van der Waals surface area contributed by atoms with Crippen molar-refractivity contribution in [2.24, 2.45) is 11.8 Å². The Morgan fingerprint density at radius 2 is 1.45 bits per heavy atom. The fourth-order valence-electron chi connectivity index (χ4n) is 3.26. The van der Waals surface area contributed by atoms with Gasteiger partial charge in [-0.3, -0.25) is 0 Å². The van der Waals surface area contributed by atoms with E-state index in [9.17, 15) is 4.79 Å². The third-order valence-electron chi connectivity index (χ3n) is 5.22. The van der Waals surface area contributed by atoms with E-state index in [0.29, 0.717) is 18.1 Å². The molecule has 2 nitrogen and oxygen atoms in total. The van der Waals surface area contributed by atoms with Crippen LogP contribution in [0.1, 0.15) is 73.5 Å². The van der Waals surface area contributed by atoms with Crippen LogP contribution in [0.2, 0.25) is 19.6 Å². The molecule has 0 aliphatic heterocycles. The first-order valence-electron chi connectivity index (χ1n) is 12.0. The predicted molar refractivity (Wildman–Crippen MR) is 142 cm³/mol. The van der Waals surface area contributed by atoms with E-state index in [1.165, 1.54) is 19.3 Å². The molecule has 3 heteroatoms. The summed E-state index contributed by atoms with van der Waals surface area (Å²) in [7, 11) is -1.41. The topological polar surface area (TPSA) is 26.3 Å². The number of carbonyl (C=O) groups excluding carboxylic acids is 1. The Balaban J connectivity index is 1.94. The average Bonchev–Trinajstić information content (AvgIpc) is 2.76. The molecule has 0 aliphatic rings. The third kappa shape index (κ3) is 11.1. The SMILES string of the molecule is CC(C)CCC[C@H](C)CCOC(=O)c1cccc(C#Cc2cccc(C#C[Si](C)(C)C)c2)c1. The second-order valence-corrected chi connectivity index (χ2v) is 15.0. The molecule has 2 rings (SSSR count). The number of esters is 1. The molecule has 2 aromatic carbocycles. The lowest BCUT2D eigenvalue weighted by atomic mass is 9.98. The maximum Gasteiger partial charge on any atom is 0.338 e. The number of rotatable bonds is 8. The largest absolute Gasteiger partial charge is 0.462 e. The standard InChI is InChI=1S/C30H38O2Si/c1-24(2)10-7-11-25(3)18-20-32-30(31)29-15-9-14-27(23-29)17-16-26-12-8-13-28(22-26)19-21-33(4,5)6/h8-9,12-15,22-25H,7,10-11,18,20H2,1-6H3/t25-/m0/s1. The van der Waals surface area contributed by atoms with Gasteiger partial charge in [0.25, 0.3) is 0 Å². The van der Waals surface area contributed by atoms with Crippen LogP contribution in [0.15, 0.2) is 48.5 Å². The zero-order valence-corrected chi connectivity index (χ0v) is 22.1. The molecule has 0 aromatic heterocycles. The van der Waals surface area contributed by atoms with Crippen LogP contribution in [0.25, 0.3) is 0 Å². The monoisotopic (exact) mass is 458 g/mol. The lowest BCUT2D eigenvalue weighted by Gasteiger charge is -2.12. The Bertz CT molecular complexity index is 1040. The molecule has 0 amide bonds. The molecule has 0 unspecified atom stereocenters. The summed E-state index contributed by atoms with van der Waals surface area (Å²) >= 11 is 0. The van der Waals surface area contributed by atoms with Crippen LogP contribution in [0.5, 0.6) is 0 Å². The molecule has 33 heavy (non-hydrogen) atoms. The summed E-state index contributed by atoms with van der Waals surface area (Å²) in [4.78, 5) is 12.5. The van der Waals surface area contributed by atoms with Crippen LogP contribution < -0.4 is 0 Å². The van der Waals surface area contributed by atoms with E-state index >= 15 is 0 Å². The summed E-state index contributed by atoms with van der Waals surface area (Å²) in [5, 5.41) is 0. The molecule has 0 saturated carbocycles. The maximum absolute atomic E-state index is 12.5. The highest BCUT2D eigenvalue weighted by Crippen LogP contribution is 2.16. The lowest BCUT2D eigenvalue weighted by molar-refractivity contribution is 0.0483. The van der Waals surface area contributed by atoms with Crippen molar-refractivity contribution in [1.29, 1.82) is 0 Å². The van der Waals surface area contributed by atoms with Gasteiger partial charge in [0.1, 0.15) is 8.07 Å². The number of ether oxygens (including phenoxy) is 1. The van der Waals surface area contributed by atoms with Crippen molar-refractivity contribution in [1.82, 2.24) is 0 Å². The van der Waals surface area contributed by atoms with Crippen LogP contribution in [0.3, 0.4) is 0 Å². The van der Waals surface area contributed by atoms with Gasteiger partial charge >= 0.3 is 5.97 Å². The van der Waals surface area contributed by atoms with Gasteiger partial charge in [0.2, 0.25) is 0 Å². The van der Waals surface area contributed by atoms with Gasteiger partial charge in [0.15, 0.2) is 0 Å². The summed E-state index contributed by atoms with van der Waals surface area (Å²) in [5.74, 6) is 10.7. The van der Waals surface area contributed by atoms with Crippen LogP contribution in [-0.4, -0.2) is 20.7 Å². The Labute approximate surface area is 202 Å². The van der Waals surface area contributed by atoms with E-state index in [0.717, 1.165) is 29.0 Å². The Morgan fingerprint density at radius 3 is 2.09 bits per heavy atom. The van der Waals surface area contributed by atoms with Crippen molar-refractivity contribution in [2.45, 2.75) is 66.1 Å². The van der Waals surface area contributed by atoms with E-state index in [1.807, 2.05) is 36.4 Å². The Hall–Kier alpha value is -2.75. The van der Waals surface area contributed by atoms with Gasteiger partial charge in [-0.25, -0.2) is 4.79 Å². The molecule has 0 fully saturated rings. The maximum atomic E-state index is 12.5. The molecule has 174 valence electrons. The van der Waals surface area contributed by atoms with E-state index in [2.05, 4.69) is 63.7 Å². The van der Waals surface area contributed by atoms with Crippen molar-refractivity contribution in [3.63, 3.8) is 0 Å². The highest BCUT2D eigenvalue weighted by atomic mass is 28.3. The second kappa shape index (κ2) is 13.1. The van der Waals surface area contributed by atoms with Crippen molar-refractivity contribution in [2.75, 3.05) is 6.61 Å². The minimum absolute atomic E-state index is 0.281. The van der Waals surface area contributed by atoms with Crippen LogP contribution >= 0.6 is 0 Å². The molecule has 2 aromatic rings. The molecule has 1 atom stereocenters. The number of hydrogen-bond acceptors (Lipinski definition) is 2. The second-order valence-electron chi connectivity index (χ2n) is 10.3. The predicted octanol–water partition coefficient (Wildman–Crippen LogP) is 7.32. The first kappa shape index (κ1) is 26.5. The van der Waals surface area contributed by atoms with E-state index < -0.39 is 8.07 Å². The zero-order chi connectivity index (χ0) is 24.3. The highest BCUT2D eigenvalue weighted by Gasteiger charge is 2.10. The van der Waals surface area contributed by atoms with Crippen molar-refractivity contribution in [3.8, 4) is 23.3 Å². The minimum atomic E-state index is -1.41. The molecule has 0 spiro atoms. The molecule has 0 N–H and O–H groups in total. The van der Waals surface area contributed by atoms with E-state index in [-0.39, 0.29) is 5.97 Å². The zero-order valence-electron chi connectivity index (χ0n) is 21.1. The molecular formula is C30H38O2Si. The normalized spacial score (nSPS) is 11.7. The van der Waals surface area contributed by atoms with Crippen molar-refractivity contribution in [3.05, 3.63) is 70.8 Å². The summed E-state index contributed by atoms with van der Waals surface area (Å²) in [6.45, 7) is 13.9. The van der Waals surface area contributed by atoms with Crippen LogP contribution in [0.4, 0.5) is 0 Å². The summed E-state index contributed by atoms with van der Waals surface area (Å²) in [6.07, 6.45) is 4.58. The minimum Gasteiger partial charge on any atom is -0.462 e. The quantitative estimate of drug-likeness (QED) is 0.235. The van der Waals surface area contributed by atoms with Gasteiger partial charge in [-0.15, -0.1) is 5.54 Å². The first-order chi connectivity index (χ1) is 15.6. The van der Waals surface area contributed by atoms with Crippen molar-refractivity contribution < 1.29 is 9.53 Å². The fraction of sp³-hybridized carbons (Fsp3) is 0.433. The molecule has 0 heterocycles. The third-order valence-corrected chi connectivity index (χ3v) is 6.09. The summed E-state index contributed by atoms with van der Waals surface area (Å²) < 4.78 is 5.51. The lowest BCUT2D eigenvalue weighted by Crippen LogP contribution is -2.16. The highest BCUT2D eigenvalue weighted by molar-refractivity contribution is 6.83. The molecule has 0 bridgehead atoms. The van der Waals surface area contributed by atoms with Gasteiger partial charge in [-0.05, 0) is 54.7 Å². The van der Waals surface area contributed by atoms with Crippen LogP contribution in [-0.2, 0) is 4.74 Å². The number of benzene rings is 2. The molecule has 0 aliphatic carbocycles. The Kier molecular flexibility index (Phi) is 10.5. The number of carbonyl (C=O) groups is 1. The van der Waals surface area contributed by atoms with Gasteiger partial charge < -0.3 is 4.74 Å². The van der Waals surface area contributed by atoms with Gasteiger partial charge in [-0.1, -0.05) is 89.6 Å². The van der Waals surface area contributed by atoms with Gasteiger partial charge in [0, 0.05) is 16.7 Å². The van der Waals surface area contributed by atoms with E-state index in [1.54, 1.807) is 12.1 Å². The Morgan fingerprint density at radius 1 is 0.848 bits per heavy atom. The smallest absolute Gasteiger partial charge is 0.338 e. The van der Waals surface area contributed by atoms with Gasteiger partial charge in [-0.2, -0.15) is 0 Å². The molecule has 0 saturated heterocycles. The average molecular weight is 459 g/mol. The van der Waals surface area contributed by atoms with E-state index in [4.69, 9.17) is 4.74 Å². The fourth-order valence-corrected chi connectivity index (χ4v) is 3.78. The van der Waals surface area contributed by atoms with Crippen LogP contribution in [0, 0.1) is 35.1 Å². The van der Waals surface area contributed by atoms with Crippen molar-refractivity contribution >= 4 is 14.0 Å². The first-order valence-corrected chi connectivity index (χ1v) is 15.5. The molecular weight excluding hydrogens is 420 g/mol. The summed E-state index contributed by atoms with van der Waals surface area (Å²) in [6, 6.07) is 15.3. The number of hydrogen-bond donors (Lipinski definition) is 0. The van der Waals surface area contributed by atoms with Gasteiger partial charge in [0.05, 0.1) is 12.2 Å². The summed E-state index contributed by atoms with van der Waals surface area (Å²) in [5.41, 5.74) is 6.63. The molecule has 0 radical (unpaired) electrons.